The Bertz CT molecular complexity index is 485. The van der Waals surface area contributed by atoms with Crippen molar-refractivity contribution in [3.05, 3.63) is 29.8 Å². The number of nitrogens with two attached hydrogens (primary N) is 1. The summed E-state index contributed by atoms with van der Waals surface area (Å²) in [5, 5.41) is 0.753. The molecule has 3 rings (SSSR count). The van der Waals surface area contributed by atoms with Gasteiger partial charge in [-0.1, -0.05) is 19.1 Å². The van der Waals surface area contributed by atoms with E-state index < -0.39 is 0 Å². The molecule has 2 heterocycles. The fourth-order valence-corrected chi connectivity index (χ4v) is 5.15. The zero-order chi connectivity index (χ0) is 14.9. The highest BCUT2D eigenvalue weighted by Gasteiger charge is 2.42. The first-order valence-electron chi connectivity index (χ1n) is 8.01. The number of hydrogen-bond acceptors (Lipinski definition) is 4. The lowest BCUT2D eigenvalue weighted by molar-refractivity contribution is 0.105. The van der Waals surface area contributed by atoms with E-state index in [0.717, 1.165) is 38.0 Å². The van der Waals surface area contributed by atoms with Gasteiger partial charge >= 0.3 is 0 Å². The smallest absolute Gasteiger partial charge is 0.0433 e. The molecule has 0 bridgehead atoms. The van der Waals surface area contributed by atoms with Gasteiger partial charge in [0, 0.05) is 55.0 Å². The van der Waals surface area contributed by atoms with Gasteiger partial charge in [0.1, 0.15) is 0 Å². The number of anilines is 1. The van der Waals surface area contributed by atoms with E-state index >= 15 is 0 Å². The Kier molecular flexibility index (Phi) is 4.48. The zero-order valence-corrected chi connectivity index (χ0v) is 14.0. The Hall–Kier alpha value is -0.710. The molecule has 116 valence electrons. The van der Waals surface area contributed by atoms with Crippen molar-refractivity contribution in [3.8, 4) is 0 Å². The first-order chi connectivity index (χ1) is 10.1. The predicted octanol–water partition coefficient (Wildman–Crippen LogP) is 2.34. The second-order valence-corrected chi connectivity index (χ2v) is 7.99. The summed E-state index contributed by atoms with van der Waals surface area (Å²) < 4.78 is 0. The number of piperazine rings is 1. The molecule has 2 saturated heterocycles. The van der Waals surface area contributed by atoms with E-state index in [-0.39, 0.29) is 5.54 Å². The van der Waals surface area contributed by atoms with Crippen LogP contribution in [0.25, 0.3) is 0 Å². The third-order valence-electron chi connectivity index (χ3n) is 5.00. The van der Waals surface area contributed by atoms with E-state index in [4.69, 9.17) is 5.73 Å². The number of aryl methyl sites for hydroxylation is 1. The molecule has 3 nitrogen and oxygen atoms in total. The fraction of sp³-hybridized carbons (Fsp3) is 0.647. The maximum Gasteiger partial charge on any atom is 0.0433 e. The van der Waals surface area contributed by atoms with E-state index in [1.54, 1.807) is 0 Å². The topological polar surface area (TPSA) is 32.5 Å². The van der Waals surface area contributed by atoms with Crippen molar-refractivity contribution in [2.75, 3.05) is 43.4 Å². The quantitative estimate of drug-likeness (QED) is 0.929. The Morgan fingerprint density at radius 3 is 2.62 bits per heavy atom. The van der Waals surface area contributed by atoms with Gasteiger partial charge in [-0.05, 0) is 31.0 Å². The van der Waals surface area contributed by atoms with Gasteiger partial charge in [0.2, 0.25) is 0 Å². The Morgan fingerprint density at radius 2 is 2.05 bits per heavy atom. The van der Waals surface area contributed by atoms with Crippen LogP contribution in [0.15, 0.2) is 24.3 Å². The normalized spacial score (nSPS) is 30.8. The van der Waals surface area contributed by atoms with Gasteiger partial charge in [-0.3, -0.25) is 4.90 Å². The van der Waals surface area contributed by atoms with Gasteiger partial charge in [0.15, 0.2) is 0 Å². The van der Waals surface area contributed by atoms with Crippen LogP contribution in [0.3, 0.4) is 0 Å². The molecule has 1 aromatic rings. The van der Waals surface area contributed by atoms with E-state index in [0.29, 0.717) is 0 Å². The maximum absolute atomic E-state index is 6.16. The van der Waals surface area contributed by atoms with Crippen molar-refractivity contribution in [2.45, 2.75) is 31.1 Å². The van der Waals surface area contributed by atoms with Gasteiger partial charge in [0.25, 0.3) is 0 Å². The molecule has 0 aliphatic carbocycles. The van der Waals surface area contributed by atoms with Crippen LogP contribution in [0.2, 0.25) is 0 Å². The summed E-state index contributed by atoms with van der Waals surface area (Å²) >= 11 is 2.09. The third kappa shape index (κ3) is 3.08. The summed E-state index contributed by atoms with van der Waals surface area (Å²) in [7, 11) is 0. The molecule has 1 aromatic carbocycles. The summed E-state index contributed by atoms with van der Waals surface area (Å²) in [6, 6.07) is 8.85. The molecule has 2 atom stereocenters. The summed E-state index contributed by atoms with van der Waals surface area (Å²) in [5.74, 6) is 1.20. The first-order valence-corrected chi connectivity index (χ1v) is 9.06. The van der Waals surface area contributed by atoms with E-state index in [2.05, 4.69) is 59.7 Å². The van der Waals surface area contributed by atoms with Crippen LogP contribution in [-0.4, -0.2) is 54.2 Å². The van der Waals surface area contributed by atoms with Gasteiger partial charge in [-0.2, -0.15) is 11.8 Å². The van der Waals surface area contributed by atoms with Crippen molar-refractivity contribution >= 4 is 17.4 Å². The van der Waals surface area contributed by atoms with E-state index in [1.165, 1.54) is 23.4 Å². The lowest BCUT2D eigenvalue weighted by atomic mass is 9.93. The van der Waals surface area contributed by atoms with Gasteiger partial charge in [-0.15, -0.1) is 0 Å². The molecule has 2 N–H and O–H groups in total. The second kappa shape index (κ2) is 6.19. The summed E-state index contributed by atoms with van der Waals surface area (Å²) in [5.41, 5.74) is 9.12. The van der Waals surface area contributed by atoms with Crippen LogP contribution < -0.4 is 10.6 Å². The van der Waals surface area contributed by atoms with Crippen molar-refractivity contribution < 1.29 is 0 Å². The number of rotatable bonds is 3. The second-order valence-electron chi connectivity index (χ2n) is 6.57. The molecule has 0 radical (unpaired) electrons. The average Bonchev–Trinajstić information content (AvgIpc) is 2.90. The molecule has 21 heavy (non-hydrogen) atoms. The molecular weight excluding hydrogens is 278 g/mol. The minimum atomic E-state index is 0.253. The number of thioether (sulfide) groups is 1. The molecular formula is C17H27N3S. The SMILES string of the molecule is Cc1cccc(N2CCN(C3(CN)CSC(C)C3)CC2)c1. The standard InChI is InChI=1S/C17H27N3S/c1-14-4-3-5-16(10-14)19-6-8-20(9-7-19)17(12-18)11-15(2)21-13-17/h3-5,10,15H,6-9,11-13,18H2,1-2H3. The van der Waals surface area contributed by atoms with Crippen LogP contribution in [0.5, 0.6) is 0 Å². The molecule has 0 amide bonds. The van der Waals surface area contributed by atoms with Gasteiger partial charge < -0.3 is 10.6 Å². The molecule has 0 spiro atoms. The summed E-state index contributed by atoms with van der Waals surface area (Å²) in [6.07, 6.45) is 1.25. The molecule has 2 aliphatic heterocycles. The minimum absolute atomic E-state index is 0.253. The van der Waals surface area contributed by atoms with Crippen LogP contribution in [0, 0.1) is 6.92 Å². The average molecular weight is 305 g/mol. The summed E-state index contributed by atoms with van der Waals surface area (Å²) in [6.45, 7) is 9.81. The third-order valence-corrected chi connectivity index (χ3v) is 6.44. The van der Waals surface area contributed by atoms with Crippen LogP contribution >= 0.6 is 11.8 Å². The zero-order valence-electron chi connectivity index (χ0n) is 13.2. The first kappa shape index (κ1) is 15.2. The van der Waals surface area contributed by atoms with E-state index in [9.17, 15) is 0 Å². The molecule has 4 heteroatoms. The number of hydrogen-bond donors (Lipinski definition) is 1. The van der Waals surface area contributed by atoms with Crippen molar-refractivity contribution in [1.82, 2.24) is 4.90 Å². The van der Waals surface area contributed by atoms with E-state index in [1.807, 2.05) is 0 Å². The highest BCUT2D eigenvalue weighted by Crippen LogP contribution is 2.38. The Labute approximate surface area is 132 Å². The highest BCUT2D eigenvalue weighted by atomic mass is 32.2. The molecule has 2 aliphatic rings. The summed E-state index contributed by atoms with van der Waals surface area (Å²) in [4.78, 5) is 5.18. The van der Waals surface area contributed by atoms with Crippen molar-refractivity contribution in [3.63, 3.8) is 0 Å². The Morgan fingerprint density at radius 1 is 1.29 bits per heavy atom. The monoisotopic (exact) mass is 305 g/mol. The predicted molar refractivity (Wildman–Crippen MR) is 93.3 cm³/mol. The van der Waals surface area contributed by atoms with Crippen LogP contribution in [0.1, 0.15) is 18.9 Å². The number of nitrogens with zero attached hydrogens (tertiary/aromatic N) is 2. The highest BCUT2D eigenvalue weighted by molar-refractivity contribution is 8.00. The van der Waals surface area contributed by atoms with Crippen LogP contribution in [0.4, 0.5) is 5.69 Å². The lowest BCUT2D eigenvalue weighted by Crippen LogP contribution is -2.60. The molecule has 0 aromatic heterocycles. The van der Waals surface area contributed by atoms with Crippen LogP contribution in [-0.2, 0) is 0 Å². The van der Waals surface area contributed by atoms with Crippen molar-refractivity contribution in [2.24, 2.45) is 5.73 Å². The van der Waals surface area contributed by atoms with Crippen molar-refractivity contribution in [1.29, 1.82) is 0 Å². The minimum Gasteiger partial charge on any atom is -0.369 e. The van der Waals surface area contributed by atoms with Gasteiger partial charge in [0.05, 0.1) is 0 Å². The molecule has 2 unspecified atom stereocenters. The number of benzene rings is 1. The maximum atomic E-state index is 6.16. The molecule has 0 saturated carbocycles. The fourth-order valence-electron chi connectivity index (χ4n) is 3.71. The largest absolute Gasteiger partial charge is 0.369 e. The van der Waals surface area contributed by atoms with Gasteiger partial charge in [-0.25, -0.2) is 0 Å². The lowest BCUT2D eigenvalue weighted by Gasteiger charge is -2.46. The Balaban J connectivity index is 1.65. The molecule has 2 fully saturated rings.